The summed E-state index contributed by atoms with van der Waals surface area (Å²) in [4.78, 5) is 14.2. The number of pyridine rings is 1. The van der Waals surface area contributed by atoms with E-state index >= 15 is 0 Å². The highest BCUT2D eigenvalue weighted by Crippen LogP contribution is 2.31. The van der Waals surface area contributed by atoms with E-state index in [-0.39, 0.29) is 16.0 Å². The van der Waals surface area contributed by atoms with Gasteiger partial charge in [0.25, 0.3) is 6.43 Å². The topological polar surface area (TPSA) is 50.2 Å². The first-order chi connectivity index (χ1) is 7.47. The lowest BCUT2D eigenvalue weighted by Gasteiger charge is -2.12. The van der Waals surface area contributed by atoms with E-state index in [1.165, 1.54) is 6.20 Å². The molecule has 0 aliphatic rings. The van der Waals surface area contributed by atoms with Gasteiger partial charge in [-0.1, -0.05) is 27.5 Å². The Morgan fingerprint density at radius 1 is 1.62 bits per heavy atom. The van der Waals surface area contributed by atoms with Crippen LogP contribution in [0.25, 0.3) is 0 Å². The van der Waals surface area contributed by atoms with Gasteiger partial charge < -0.3 is 5.11 Å². The molecule has 0 aliphatic carbocycles. The van der Waals surface area contributed by atoms with Crippen LogP contribution in [-0.4, -0.2) is 16.1 Å². The lowest BCUT2D eigenvalue weighted by atomic mass is 10.0. The van der Waals surface area contributed by atoms with Crippen molar-refractivity contribution in [1.82, 2.24) is 4.98 Å². The Balaban J connectivity index is 3.36. The number of rotatable bonds is 4. The van der Waals surface area contributed by atoms with E-state index in [9.17, 15) is 13.6 Å². The molecule has 0 radical (unpaired) electrons. The van der Waals surface area contributed by atoms with Crippen LogP contribution in [-0.2, 0) is 16.5 Å². The summed E-state index contributed by atoms with van der Waals surface area (Å²) < 4.78 is 25.4. The van der Waals surface area contributed by atoms with Crippen molar-refractivity contribution in [3.8, 4) is 0 Å². The number of hydrogen-bond acceptors (Lipinski definition) is 2. The summed E-state index contributed by atoms with van der Waals surface area (Å²) in [6.45, 7) is 0. The Morgan fingerprint density at radius 2 is 2.25 bits per heavy atom. The predicted molar refractivity (Wildman–Crippen MR) is 58.2 cm³/mol. The normalized spacial score (nSPS) is 10.8. The molecule has 0 bridgehead atoms. The monoisotopic (exact) mass is 313 g/mol. The van der Waals surface area contributed by atoms with E-state index in [0.717, 1.165) is 0 Å². The Labute approximate surface area is 104 Å². The first-order valence-corrected chi connectivity index (χ1v) is 5.69. The summed E-state index contributed by atoms with van der Waals surface area (Å²) in [5, 5.41) is 8.56. The van der Waals surface area contributed by atoms with Crippen LogP contribution in [0.4, 0.5) is 8.78 Å². The van der Waals surface area contributed by atoms with Crippen molar-refractivity contribution in [3.05, 3.63) is 28.0 Å². The van der Waals surface area contributed by atoms with Crippen molar-refractivity contribution in [2.24, 2.45) is 0 Å². The number of aromatic nitrogens is 1. The first kappa shape index (κ1) is 13.3. The molecule has 1 aromatic rings. The van der Waals surface area contributed by atoms with Crippen LogP contribution in [0, 0.1) is 0 Å². The zero-order valence-corrected chi connectivity index (χ0v) is 10.2. The second-order valence-corrected chi connectivity index (χ2v) is 3.89. The molecule has 0 amide bonds. The molecule has 0 aromatic carbocycles. The zero-order chi connectivity index (χ0) is 12.3. The van der Waals surface area contributed by atoms with E-state index in [1.807, 2.05) is 0 Å². The number of carboxylic acids is 1. The van der Waals surface area contributed by atoms with Gasteiger partial charge in [-0.15, -0.1) is 0 Å². The zero-order valence-electron chi connectivity index (χ0n) is 7.88. The van der Waals surface area contributed by atoms with Crippen molar-refractivity contribution >= 4 is 33.5 Å². The fraction of sp³-hybridized carbons (Fsp3) is 0.333. The summed E-state index contributed by atoms with van der Waals surface area (Å²) in [6, 6.07) is 0. The molecule has 1 aromatic heterocycles. The predicted octanol–water partition coefficient (Wildman–Crippen LogP) is 3.19. The van der Waals surface area contributed by atoms with Crippen LogP contribution in [0.3, 0.4) is 0 Å². The van der Waals surface area contributed by atoms with E-state index in [0.29, 0.717) is 5.56 Å². The summed E-state index contributed by atoms with van der Waals surface area (Å²) in [7, 11) is 0. The Morgan fingerprint density at radius 3 is 2.69 bits per heavy atom. The van der Waals surface area contributed by atoms with Crippen LogP contribution < -0.4 is 0 Å². The number of halogens is 4. The van der Waals surface area contributed by atoms with Crippen molar-refractivity contribution in [2.45, 2.75) is 18.2 Å². The van der Waals surface area contributed by atoms with Crippen LogP contribution in [0.5, 0.6) is 0 Å². The van der Waals surface area contributed by atoms with Crippen LogP contribution >= 0.6 is 27.5 Å². The molecule has 1 N–H and O–H groups in total. The number of carboxylic acid groups (broad SMARTS) is 1. The maximum absolute atomic E-state index is 12.7. The average molecular weight is 315 g/mol. The van der Waals surface area contributed by atoms with E-state index in [1.54, 1.807) is 0 Å². The summed E-state index contributed by atoms with van der Waals surface area (Å²) >= 11 is 8.62. The van der Waals surface area contributed by atoms with Gasteiger partial charge in [-0.05, 0) is 11.1 Å². The highest BCUT2D eigenvalue weighted by Gasteiger charge is 2.22. The Bertz CT molecular complexity index is 415. The van der Waals surface area contributed by atoms with Gasteiger partial charge >= 0.3 is 5.97 Å². The minimum absolute atomic E-state index is 0.0272. The third kappa shape index (κ3) is 2.89. The SMILES string of the molecule is O=C(O)Cc1c(CBr)cnc(Cl)c1C(F)F. The number of aliphatic carboxylic acids is 1. The second-order valence-electron chi connectivity index (χ2n) is 2.97. The van der Waals surface area contributed by atoms with Gasteiger partial charge in [-0.2, -0.15) is 0 Å². The molecule has 16 heavy (non-hydrogen) atoms. The van der Waals surface area contributed by atoms with Gasteiger partial charge in [0.15, 0.2) is 0 Å². The maximum Gasteiger partial charge on any atom is 0.307 e. The van der Waals surface area contributed by atoms with Crippen molar-refractivity contribution in [3.63, 3.8) is 0 Å². The quantitative estimate of drug-likeness (QED) is 0.686. The highest BCUT2D eigenvalue weighted by atomic mass is 79.9. The molecule has 0 saturated heterocycles. The molecule has 1 heterocycles. The van der Waals surface area contributed by atoms with Gasteiger partial charge in [0.2, 0.25) is 0 Å². The molecule has 7 heteroatoms. The van der Waals surface area contributed by atoms with Gasteiger partial charge in [-0.25, -0.2) is 13.8 Å². The minimum atomic E-state index is -2.84. The molecule has 3 nitrogen and oxygen atoms in total. The molecule has 88 valence electrons. The minimum Gasteiger partial charge on any atom is -0.481 e. The van der Waals surface area contributed by atoms with Gasteiger partial charge in [-0.3, -0.25) is 4.79 Å². The molecule has 0 aliphatic heterocycles. The van der Waals surface area contributed by atoms with Crippen LogP contribution in [0.15, 0.2) is 6.20 Å². The highest BCUT2D eigenvalue weighted by molar-refractivity contribution is 9.08. The van der Waals surface area contributed by atoms with Gasteiger partial charge in [0, 0.05) is 11.5 Å². The van der Waals surface area contributed by atoms with Crippen molar-refractivity contribution in [2.75, 3.05) is 0 Å². The third-order valence-corrected chi connectivity index (χ3v) is 2.86. The number of nitrogens with zero attached hydrogens (tertiary/aromatic N) is 1. The Kier molecular flexibility index (Phi) is 4.61. The lowest BCUT2D eigenvalue weighted by molar-refractivity contribution is -0.136. The van der Waals surface area contributed by atoms with Gasteiger partial charge in [0.05, 0.1) is 12.0 Å². The van der Waals surface area contributed by atoms with E-state index in [4.69, 9.17) is 16.7 Å². The molecule has 0 spiro atoms. The lowest BCUT2D eigenvalue weighted by Crippen LogP contribution is -2.08. The van der Waals surface area contributed by atoms with E-state index in [2.05, 4.69) is 20.9 Å². The van der Waals surface area contributed by atoms with Crippen LogP contribution in [0.1, 0.15) is 23.1 Å². The molecule has 0 atom stereocenters. The molecule has 0 saturated carbocycles. The molecule has 1 rings (SSSR count). The molecule has 0 unspecified atom stereocenters. The largest absolute Gasteiger partial charge is 0.481 e. The van der Waals surface area contributed by atoms with E-state index < -0.39 is 24.4 Å². The standard InChI is InChI=1S/C9H7BrClF2NO2/c10-2-4-3-14-8(11)7(9(12)13)5(4)1-6(15)16/h3,9H,1-2H2,(H,15,16). The number of carbonyl (C=O) groups is 1. The molecular weight excluding hydrogens is 307 g/mol. The third-order valence-electron chi connectivity index (χ3n) is 1.96. The smallest absolute Gasteiger partial charge is 0.307 e. The van der Waals surface area contributed by atoms with Gasteiger partial charge in [0.1, 0.15) is 5.15 Å². The maximum atomic E-state index is 12.7. The second kappa shape index (κ2) is 5.54. The summed E-state index contributed by atoms with van der Waals surface area (Å²) in [5.41, 5.74) is -0.0671. The fourth-order valence-electron chi connectivity index (χ4n) is 1.28. The fourth-order valence-corrected chi connectivity index (χ4v) is 2.00. The first-order valence-electron chi connectivity index (χ1n) is 4.19. The Hall–Kier alpha value is -0.750. The average Bonchev–Trinajstić information content (AvgIpc) is 2.16. The van der Waals surface area contributed by atoms with Crippen molar-refractivity contribution < 1.29 is 18.7 Å². The summed E-state index contributed by atoms with van der Waals surface area (Å²) in [6.07, 6.45) is -2.04. The number of alkyl halides is 3. The molecular formula is C9H7BrClF2NO2. The summed E-state index contributed by atoms with van der Waals surface area (Å²) in [5.74, 6) is -1.19. The van der Waals surface area contributed by atoms with Crippen molar-refractivity contribution in [1.29, 1.82) is 0 Å². The number of hydrogen-bond donors (Lipinski definition) is 1. The van der Waals surface area contributed by atoms with Crippen LogP contribution in [0.2, 0.25) is 5.15 Å². The molecule has 0 fully saturated rings.